The molecular weight excluding hydrogens is 436 g/mol. The number of ketones is 1. The Morgan fingerprint density at radius 3 is 2.24 bits per heavy atom. The third-order valence-electron chi connectivity index (χ3n) is 6.83. The summed E-state index contributed by atoms with van der Waals surface area (Å²) in [5.41, 5.74) is 6.93. The van der Waals surface area contributed by atoms with Crippen LogP contribution >= 0.6 is 0 Å². The van der Waals surface area contributed by atoms with E-state index in [1.165, 1.54) is 0 Å². The molecule has 2 rings (SSSR count). The molecule has 1 aliphatic rings. The van der Waals surface area contributed by atoms with Gasteiger partial charge in [0.05, 0.1) is 18.1 Å². The summed E-state index contributed by atoms with van der Waals surface area (Å²) in [6, 6.07) is 5.14. The number of hydrogen-bond acceptors (Lipinski definition) is 5. The molecule has 0 aliphatic carbocycles. The molecule has 1 aromatic carbocycles. The summed E-state index contributed by atoms with van der Waals surface area (Å²) in [6.45, 7) is 18.8. The van der Waals surface area contributed by atoms with Gasteiger partial charge in [0.15, 0.2) is 14.1 Å². The summed E-state index contributed by atoms with van der Waals surface area (Å²) < 4.78 is 11.5. The van der Waals surface area contributed by atoms with Crippen molar-refractivity contribution >= 4 is 26.1 Å². The Morgan fingerprint density at radius 1 is 1.15 bits per heavy atom. The van der Waals surface area contributed by atoms with E-state index >= 15 is 0 Å². The first-order chi connectivity index (χ1) is 15.0. The third-order valence-corrected chi connectivity index (χ3v) is 11.4. The lowest BCUT2D eigenvalue weighted by molar-refractivity contribution is -0.139. The number of ether oxygens (including phenoxy) is 1. The predicted octanol–water partition coefficient (Wildman–Crippen LogP) is 4.68. The first-order valence-corrected chi connectivity index (χ1v) is 14.4. The van der Waals surface area contributed by atoms with Crippen LogP contribution in [0.4, 0.5) is 4.79 Å². The fourth-order valence-corrected chi connectivity index (χ4v) is 5.62. The second-order valence-electron chi connectivity index (χ2n) is 11.5. The van der Waals surface area contributed by atoms with E-state index in [-0.39, 0.29) is 53.2 Å². The lowest BCUT2D eigenvalue weighted by Crippen LogP contribution is -2.64. The minimum atomic E-state index is -2.05. The zero-order valence-corrected chi connectivity index (χ0v) is 22.5. The maximum Gasteiger partial charge on any atom is 0.404 e. The number of rotatable bonds is 8. The molecule has 1 fully saturated rings. The van der Waals surface area contributed by atoms with Gasteiger partial charge in [-0.25, -0.2) is 4.79 Å². The van der Waals surface area contributed by atoms with Crippen molar-refractivity contribution in [3.8, 4) is 0 Å². The van der Waals surface area contributed by atoms with Crippen LogP contribution in [-0.4, -0.2) is 38.2 Å². The van der Waals surface area contributed by atoms with E-state index in [0.29, 0.717) is 5.56 Å². The van der Waals surface area contributed by atoms with E-state index in [1.807, 2.05) is 33.8 Å². The molecule has 0 saturated carbocycles. The minimum Gasteiger partial charge on any atom is -0.445 e. The highest BCUT2D eigenvalue weighted by Crippen LogP contribution is 2.39. The molecule has 7 nitrogen and oxygen atoms in total. The molecule has 3 N–H and O–H groups in total. The van der Waals surface area contributed by atoms with Crippen LogP contribution in [0.3, 0.4) is 0 Å². The fourth-order valence-electron chi connectivity index (χ4n) is 4.19. The Labute approximate surface area is 198 Å². The zero-order valence-electron chi connectivity index (χ0n) is 21.5. The number of Topliss-reactive ketones (excluding diaryl/α,β-unsaturated/α-hetero) is 1. The van der Waals surface area contributed by atoms with Crippen LogP contribution in [0.5, 0.6) is 0 Å². The van der Waals surface area contributed by atoms with Crippen LogP contribution < -0.4 is 11.1 Å². The SMILES string of the molecule is C[C@@H](O[Si](C)(C)C(C)(C)C)[C@H]1C(=O)N[C@@H]1CC(=O)c1cccc(COC(N)=O)c1C(C)(C)C. The molecule has 2 amide bonds. The number of nitrogens with two attached hydrogens (primary N) is 1. The average molecular weight is 477 g/mol. The number of primary amides is 1. The predicted molar refractivity (Wildman–Crippen MR) is 132 cm³/mol. The normalized spacial score (nSPS) is 20.0. The van der Waals surface area contributed by atoms with E-state index < -0.39 is 14.4 Å². The first-order valence-electron chi connectivity index (χ1n) is 11.5. The maximum atomic E-state index is 13.4. The van der Waals surface area contributed by atoms with E-state index in [1.54, 1.807) is 12.1 Å². The van der Waals surface area contributed by atoms with Gasteiger partial charge in [-0.05, 0) is 41.6 Å². The average Bonchev–Trinajstić information content (AvgIpc) is 2.62. The van der Waals surface area contributed by atoms with Crippen LogP contribution in [0.1, 0.15) is 76.4 Å². The molecule has 1 saturated heterocycles. The van der Waals surface area contributed by atoms with Gasteiger partial charge in [0, 0.05) is 12.0 Å². The molecule has 33 heavy (non-hydrogen) atoms. The standard InChI is InChI=1S/C25H40N2O5Si/c1-15(32-33(8,9)25(5,6)7)20-18(27-22(20)29)13-19(28)17-12-10-11-16(14-31-23(26)30)21(17)24(2,3)4/h10-12,15,18,20H,13-14H2,1-9H3,(H2,26,30)(H,27,29)/t15-,18-,20-/m1/s1. The number of nitrogens with one attached hydrogen (secondary N) is 1. The Kier molecular flexibility index (Phi) is 7.86. The zero-order chi connectivity index (χ0) is 25.4. The molecular formula is C25H40N2O5Si. The molecule has 8 heteroatoms. The van der Waals surface area contributed by atoms with Gasteiger partial charge in [-0.1, -0.05) is 59.7 Å². The van der Waals surface area contributed by atoms with Crippen molar-refractivity contribution in [3.05, 3.63) is 34.9 Å². The Balaban J connectivity index is 2.25. The molecule has 0 aromatic heterocycles. The molecule has 0 bridgehead atoms. The highest BCUT2D eigenvalue weighted by atomic mass is 28.4. The summed E-state index contributed by atoms with van der Waals surface area (Å²) in [5, 5.41) is 2.93. The van der Waals surface area contributed by atoms with Crippen LogP contribution in [0.15, 0.2) is 18.2 Å². The number of carbonyl (C=O) groups is 3. The lowest BCUT2D eigenvalue weighted by Gasteiger charge is -2.45. The van der Waals surface area contributed by atoms with Crippen LogP contribution in [0.25, 0.3) is 0 Å². The van der Waals surface area contributed by atoms with Gasteiger partial charge >= 0.3 is 6.09 Å². The van der Waals surface area contributed by atoms with Gasteiger partial charge in [-0.15, -0.1) is 0 Å². The smallest absolute Gasteiger partial charge is 0.404 e. The highest BCUT2D eigenvalue weighted by molar-refractivity contribution is 6.74. The van der Waals surface area contributed by atoms with Crippen LogP contribution in [0.2, 0.25) is 18.1 Å². The van der Waals surface area contributed by atoms with Gasteiger partial charge in [0.1, 0.15) is 6.61 Å². The topological polar surface area (TPSA) is 108 Å². The largest absolute Gasteiger partial charge is 0.445 e. The number of benzene rings is 1. The minimum absolute atomic E-state index is 0.00321. The summed E-state index contributed by atoms with van der Waals surface area (Å²) in [5.74, 6) is -0.489. The van der Waals surface area contributed by atoms with E-state index in [2.05, 4.69) is 39.2 Å². The Hall–Kier alpha value is -2.19. The van der Waals surface area contributed by atoms with Crippen molar-refractivity contribution in [3.63, 3.8) is 0 Å². The van der Waals surface area contributed by atoms with Crippen molar-refractivity contribution in [1.29, 1.82) is 0 Å². The third kappa shape index (κ3) is 6.23. The lowest BCUT2D eigenvalue weighted by atomic mass is 9.77. The molecule has 0 unspecified atom stereocenters. The molecule has 3 atom stereocenters. The van der Waals surface area contributed by atoms with E-state index in [4.69, 9.17) is 14.9 Å². The molecule has 1 heterocycles. The number of carbonyl (C=O) groups excluding carboxylic acids is 3. The van der Waals surface area contributed by atoms with Crippen molar-refractivity contribution < 1.29 is 23.5 Å². The number of hydrogen-bond donors (Lipinski definition) is 2. The van der Waals surface area contributed by atoms with Gasteiger partial charge in [0.2, 0.25) is 5.91 Å². The number of β-lactam (4-membered cyclic amide) rings is 1. The van der Waals surface area contributed by atoms with Gasteiger partial charge < -0.3 is 20.2 Å². The molecule has 0 spiro atoms. The van der Waals surface area contributed by atoms with Crippen molar-refractivity contribution in [1.82, 2.24) is 5.32 Å². The molecule has 0 radical (unpaired) electrons. The summed E-state index contributed by atoms with van der Waals surface area (Å²) in [7, 11) is -2.05. The van der Waals surface area contributed by atoms with Gasteiger partial charge in [0.25, 0.3) is 0 Å². The van der Waals surface area contributed by atoms with Crippen molar-refractivity contribution in [2.45, 2.75) is 97.2 Å². The second kappa shape index (κ2) is 9.58. The first kappa shape index (κ1) is 27.1. The Morgan fingerprint density at radius 2 is 1.76 bits per heavy atom. The monoisotopic (exact) mass is 476 g/mol. The summed E-state index contributed by atoms with van der Waals surface area (Å²) in [6.07, 6.45) is -0.942. The van der Waals surface area contributed by atoms with Crippen molar-refractivity contribution in [2.75, 3.05) is 0 Å². The van der Waals surface area contributed by atoms with Crippen LogP contribution in [-0.2, 0) is 26.0 Å². The van der Waals surface area contributed by atoms with Gasteiger partial charge in [-0.2, -0.15) is 0 Å². The molecule has 1 aromatic rings. The fraction of sp³-hybridized carbons (Fsp3) is 0.640. The van der Waals surface area contributed by atoms with Crippen LogP contribution in [0, 0.1) is 5.92 Å². The second-order valence-corrected chi connectivity index (χ2v) is 16.3. The van der Waals surface area contributed by atoms with Crippen molar-refractivity contribution in [2.24, 2.45) is 11.7 Å². The van der Waals surface area contributed by atoms with Gasteiger partial charge in [-0.3, -0.25) is 9.59 Å². The quantitative estimate of drug-likeness (QED) is 0.322. The highest BCUT2D eigenvalue weighted by Gasteiger charge is 2.48. The summed E-state index contributed by atoms with van der Waals surface area (Å²) in [4.78, 5) is 36.9. The Bertz CT molecular complexity index is 914. The van der Waals surface area contributed by atoms with E-state index in [9.17, 15) is 14.4 Å². The maximum absolute atomic E-state index is 13.4. The summed E-state index contributed by atoms with van der Waals surface area (Å²) >= 11 is 0. The van der Waals surface area contributed by atoms with E-state index in [0.717, 1.165) is 11.1 Å². The number of amides is 2. The molecule has 1 aliphatic heterocycles. The molecule has 184 valence electrons.